The van der Waals surface area contributed by atoms with Crippen LogP contribution in [0.5, 0.6) is 0 Å². The van der Waals surface area contributed by atoms with E-state index in [1.165, 1.54) is 6.33 Å². The van der Waals surface area contributed by atoms with Crippen molar-refractivity contribution in [2.45, 2.75) is 0 Å². The molecule has 1 heterocycles. The largest absolute Gasteiger partial charge is 0.355 e. The van der Waals surface area contributed by atoms with Crippen molar-refractivity contribution in [3.63, 3.8) is 0 Å². The number of aromatic nitrogens is 2. The number of anilines is 5. The highest BCUT2D eigenvalue weighted by atomic mass is 35.5. The van der Waals surface area contributed by atoms with Crippen LogP contribution in [-0.4, -0.2) is 14.9 Å². The third-order valence-electron chi connectivity index (χ3n) is 4.34. The Morgan fingerprint density at radius 3 is 2.03 bits per heavy atom. The molecule has 0 unspecified atom stereocenters. The molecule has 4 rings (SSSR count). The third-order valence-corrected chi connectivity index (χ3v) is 4.57. The van der Waals surface area contributed by atoms with Crippen molar-refractivity contribution >= 4 is 46.0 Å². The molecule has 0 bridgehead atoms. The maximum absolute atomic E-state index is 12.0. The number of nitro groups is 1. The van der Waals surface area contributed by atoms with Crippen LogP contribution in [0.25, 0.3) is 0 Å². The number of nitrogens with one attached hydrogen (secondary N) is 2. The molecule has 0 radical (unpaired) electrons. The molecule has 0 aliphatic heterocycles. The van der Waals surface area contributed by atoms with Crippen LogP contribution < -0.4 is 15.8 Å². The van der Waals surface area contributed by atoms with Gasteiger partial charge in [-0.3, -0.25) is 20.5 Å². The van der Waals surface area contributed by atoms with E-state index in [0.29, 0.717) is 10.7 Å². The predicted octanol–water partition coefficient (Wildman–Crippen LogP) is 5.95. The lowest BCUT2D eigenvalue weighted by Gasteiger charge is -2.26. The van der Waals surface area contributed by atoms with Gasteiger partial charge < -0.3 is 5.32 Å². The summed E-state index contributed by atoms with van der Waals surface area (Å²) in [5, 5.41) is 17.1. The number of hydrogen-bond acceptors (Lipinski definition) is 7. The van der Waals surface area contributed by atoms with Gasteiger partial charge in [-0.05, 0) is 42.5 Å². The summed E-state index contributed by atoms with van der Waals surface area (Å²) < 4.78 is 0. The van der Waals surface area contributed by atoms with Gasteiger partial charge in [-0.15, -0.1) is 0 Å². The molecule has 3 aromatic carbocycles. The maximum Gasteiger partial charge on any atom is 0.355 e. The first kappa shape index (κ1) is 20.1. The van der Waals surface area contributed by atoms with E-state index in [4.69, 9.17) is 11.6 Å². The molecule has 154 valence electrons. The van der Waals surface area contributed by atoms with E-state index in [9.17, 15) is 10.1 Å². The summed E-state index contributed by atoms with van der Waals surface area (Å²) in [7, 11) is 0. The summed E-state index contributed by atoms with van der Waals surface area (Å²) in [6, 6.07) is 25.7. The van der Waals surface area contributed by atoms with Crippen LogP contribution in [0.3, 0.4) is 0 Å². The lowest BCUT2D eigenvalue weighted by Crippen LogP contribution is -2.26. The van der Waals surface area contributed by atoms with Crippen molar-refractivity contribution in [2.75, 3.05) is 15.8 Å². The molecular weight excluding hydrogens is 416 g/mol. The Labute approximate surface area is 183 Å². The van der Waals surface area contributed by atoms with Crippen LogP contribution in [0.4, 0.5) is 34.4 Å². The number of hydrazine groups is 1. The van der Waals surface area contributed by atoms with Crippen molar-refractivity contribution in [3.8, 4) is 0 Å². The minimum atomic E-state index is -0.524. The minimum Gasteiger partial charge on any atom is -0.334 e. The number of hydrogen-bond donors (Lipinski definition) is 2. The molecule has 0 amide bonds. The van der Waals surface area contributed by atoms with Crippen molar-refractivity contribution in [3.05, 3.63) is 106 Å². The first-order chi connectivity index (χ1) is 15.1. The topological polar surface area (TPSA) is 96.2 Å². The van der Waals surface area contributed by atoms with E-state index in [2.05, 4.69) is 20.7 Å². The monoisotopic (exact) mass is 432 g/mol. The highest BCUT2D eigenvalue weighted by Crippen LogP contribution is 2.34. The minimum absolute atomic E-state index is 0.0391. The van der Waals surface area contributed by atoms with Crippen LogP contribution in [0.1, 0.15) is 0 Å². The Bertz CT molecular complexity index is 1150. The van der Waals surface area contributed by atoms with Gasteiger partial charge in [0.25, 0.3) is 0 Å². The Kier molecular flexibility index (Phi) is 5.91. The highest BCUT2D eigenvalue weighted by Gasteiger charge is 2.25. The van der Waals surface area contributed by atoms with E-state index in [1.807, 2.05) is 60.7 Å². The zero-order valence-corrected chi connectivity index (χ0v) is 16.9. The number of benzene rings is 3. The van der Waals surface area contributed by atoms with Gasteiger partial charge in [-0.2, -0.15) is 0 Å². The fourth-order valence-electron chi connectivity index (χ4n) is 2.97. The van der Waals surface area contributed by atoms with E-state index >= 15 is 0 Å². The van der Waals surface area contributed by atoms with Gasteiger partial charge in [-0.1, -0.05) is 54.1 Å². The smallest absolute Gasteiger partial charge is 0.334 e. The summed E-state index contributed by atoms with van der Waals surface area (Å²) >= 11 is 6.02. The van der Waals surface area contributed by atoms with Crippen LogP contribution >= 0.6 is 11.6 Å². The first-order valence-electron chi connectivity index (χ1n) is 9.30. The molecule has 4 aromatic rings. The average Bonchev–Trinajstić information content (AvgIpc) is 2.78. The second-order valence-electron chi connectivity index (χ2n) is 6.43. The molecular formula is C22H17ClN6O2. The van der Waals surface area contributed by atoms with Crippen molar-refractivity contribution < 1.29 is 4.92 Å². The van der Waals surface area contributed by atoms with Gasteiger partial charge in [0.05, 0.1) is 16.3 Å². The fourth-order valence-corrected chi connectivity index (χ4v) is 3.16. The number of rotatable bonds is 7. The second kappa shape index (κ2) is 9.10. The zero-order valence-electron chi connectivity index (χ0n) is 16.1. The molecule has 1 aromatic heterocycles. The molecule has 0 saturated heterocycles. The van der Waals surface area contributed by atoms with E-state index < -0.39 is 4.92 Å². The van der Waals surface area contributed by atoms with Crippen LogP contribution in [-0.2, 0) is 0 Å². The van der Waals surface area contributed by atoms with Crippen molar-refractivity contribution in [1.82, 2.24) is 9.97 Å². The van der Waals surface area contributed by atoms with Gasteiger partial charge in [0, 0.05) is 10.7 Å². The SMILES string of the molecule is O=[N+]([O-])c1c(Nc2cccc(Cl)c2)ncnc1NN(c1ccccc1)c1ccccc1. The van der Waals surface area contributed by atoms with Crippen LogP contribution in [0, 0.1) is 10.1 Å². The van der Waals surface area contributed by atoms with E-state index in [-0.39, 0.29) is 17.3 Å². The summed E-state index contributed by atoms with van der Waals surface area (Å²) in [4.78, 5) is 19.6. The Morgan fingerprint density at radius 1 is 0.839 bits per heavy atom. The quantitative estimate of drug-likeness (QED) is 0.275. The number of halogens is 1. The average molecular weight is 433 g/mol. The van der Waals surface area contributed by atoms with Crippen LogP contribution in [0.15, 0.2) is 91.3 Å². The van der Waals surface area contributed by atoms with Gasteiger partial charge >= 0.3 is 5.69 Å². The number of para-hydroxylation sites is 2. The van der Waals surface area contributed by atoms with Crippen molar-refractivity contribution in [1.29, 1.82) is 0 Å². The molecule has 0 saturated carbocycles. The van der Waals surface area contributed by atoms with E-state index in [1.54, 1.807) is 29.3 Å². The van der Waals surface area contributed by atoms with Gasteiger partial charge in [0.1, 0.15) is 6.33 Å². The second-order valence-corrected chi connectivity index (χ2v) is 6.87. The standard InChI is InChI=1S/C22H17ClN6O2/c23-16-8-7-9-17(14-16)26-21-20(29(30)31)22(25-15-24-21)27-28(18-10-3-1-4-11-18)19-12-5-2-6-13-19/h1-15H,(H2,24,25,26,27). The molecule has 0 aliphatic rings. The Hall–Kier alpha value is -4.17. The molecule has 2 N–H and O–H groups in total. The third kappa shape index (κ3) is 4.71. The molecule has 0 fully saturated rings. The molecule has 8 nitrogen and oxygen atoms in total. The van der Waals surface area contributed by atoms with E-state index in [0.717, 1.165) is 11.4 Å². The van der Waals surface area contributed by atoms with Gasteiger partial charge in [0.2, 0.25) is 11.6 Å². The summed E-state index contributed by atoms with van der Waals surface area (Å²) in [6.45, 7) is 0. The zero-order chi connectivity index (χ0) is 21.6. The fraction of sp³-hybridized carbons (Fsp3) is 0. The molecule has 0 atom stereocenters. The predicted molar refractivity (Wildman–Crippen MR) is 122 cm³/mol. The highest BCUT2D eigenvalue weighted by molar-refractivity contribution is 6.30. The lowest BCUT2D eigenvalue weighted by molar-refractivity contribution is -0.383. The summed E-state index contributed by atoms with van der Waals surface area (Å²) in [6.07, 6.45) is 1.26. The summed E-state index contributed by atoms with van der Waals surface area (Å²) in [5.41, 5.74) is 4.92. The molecule has 0 spiro atoms. The van der Waals surface area contributed by atoms with Gasteiger partial charge in [-0.25, -0.2) is 9.97 Å². The van der Waals surface area contributed by atoms with Gasteiger partial charge in [0.15, 0.2) is 0 Å². The Morgan fingerprint density at radius 2 is 1.45 bits per heavy atom. The Balaban J connectivity index is 1.75. The maximum atomic E-state index is 12.0. The number of nitrogens with zero attached hydrogens (tertiary/aromatic N) is 4. The van der Waals surface area contributed by atoms with Crippen molar-refractivity contribution in [2.24, 2.45) is 0 Å². The lowest BCUT2D eigenvalue weighted by atomic mass is 10.2. The molecule has 9 heteroatoms. The molecule has 31 heavy (non-hydrogen) atoms. The normalized spacial score (nSPS) is 10.4. The first-order valence-corrected chi connectivity index (χ1v) is 9.68. The molecule has 0 aliphatic carbocycles. The van der Waals surface area contributed by atoms with Crippen LogP contribution in [0.2, 0.25) is 5.02 Å². The summed E-state index contributed by atoms with van der Waals surface area (Å²) in [5.74, 6) is 0.0862.